The summed E-state index contributed by atoms with van der Waals surface area (Å²) < 4.78 is 48.4. The molecule has 11 heteroatoms. The predicted octanol–water partition coefficient (Wildman–Crippen LogP) is 6.22. The second-order valence-electron chi connectivity index (χ2n) is 8.99. The van der Waals surface area contributed by atoms with Gasteiger partial charge in [-0.1, -0.05) is 60.7 Å². The van der Waals surface area contributed by atoms with E-state index in [1.165, 1.54) is 30.3 Å². The van der Waals surface area contributed by atoms with Crippen LogP contribution in [0.4, 0.5) is 18.9 Å². The van der Waals surface area contributed by atoms with Gasteiger partial charge in [-0.05, 0) is 59.2 Å². The minimum Gasteiger partial charge on any atom is -0.481 e. The second-order valence-corrected chi connectivity index (χ2v) is 8.99. The number of hydrogen-bond donors (Lipinski definition) is 3. The first-order valence-corrected chi connectivity index (χ1v) is 12.7. The molecule has 0 spiro atoms. The number of carboxylic acid groups (broad SMARTS) is 1. The van der Waals surface area contributed by atoms with Gasteiger partial charge in [0.15, 0.2) is 6.04 Å². The number of benzene rings is 4. The lowest BCUT2D eigenvalue weighted by atomic mass is 10.0. The molecule has 1 amide bonds. The van der Waals surface area contributed by atoms with Crippen LogP contribution in [0.5, 0.6) is 11.5 Å². The Bertz CT molecular complexity index is 1560. The van der Waals surface area contributed by atoms with Crippen molar-refractivity contribution < 1.29 is 42.1 Å². The molecule has 0 saturated carbocycles. The van der Waals surface area contributed by atoms with Crippen LogP contribution < -0.4 is 20.1 Å². The SMILES string of the molecule is O=C(O)CCNC(=O)c1cccc(NC(C(=O)Oc2cccc(-c3ccccc3)c2)c2cccc(OC(F)(F)F)c2)c1. The van der Waals surface area contributed by atoms with Crippen molar-refractivity contribution in [3.05, 3.63) is 114 Å². The Morgan fingerprint density at radius 2 is 1.48 bits per heavy atom. The molecule has 0 saturated heterocycles. The molecule has 216 valence electrons. The minimum atomic E-state index is -4.94. The summed E-state index contributed by atoms with van der Waals surface area (Å²) in [6, 6.07) is 25.8. The van der Waals surface area contributed by atoms with E-state index in [1.54, 1.807) is 24.3 Å². The number of anilines is 1. The second kappa shape index (κ2) is 13.4. The van der Waals surface area contributed by atoms with Gasteiger partial charge >= 0.3 is 18.3 Å². The lowest BCUT2D eigenvalue weighted by molar-refractivity contribution is -0.274. The number of halogens is 3. The molecule has 0 heterocycles. The van der Waals surface area contributed by atoms with Gasteiger partial charge in [-0.3, -0.25) is 9.59 Å². The Hall–Kier alpha value is -5.32. The molecule has 0 radical (unpaired) electrons. The standard InChI is InChI=1S/C31H25F3N2O6/c32-31(33,34)42-26-14-6-10-22(19-26)28(36-24-12-4-11-23(17-24)29(39)35-16-15-27(37)38)30(40)41-25-13-5-9-21(18-25)20-7-2-1-3-8-20/h1-14,17-19,28,36H,15-16H2,(H,35,39)(H,37,38). The molecule has 0 aliphatic heterocycles. The van der Waals surface area contributed by atoms with Gasteiger partial charge in [0.2, 0.25) is 0 Å². The van der Waals surface area contributed by atoms with Crippen molar-refractivity contribution >= 4 is 23.5 Å². The molecule has 8 nitrogen and oxygen atoms in total. The third-order valence-corrected chi connectivity index (χ3v) is 5.88. The highest BCUT2D eigenvalue weighted by molar-refractivity contribution is 5.95. The highest BCUT2D eigenvalue weighted by Gasteiger charge is 2.32. The zero-order chi connectivity index (χ0) is 30.1. The Morgan fingerprint density at radius 1 is 0.786 bits per heavy atom. The van der Waals surface area contributed by atoms with E-state index in [2.05, 4.69) is 15.4 Å². The first-order chi connectivity index (χ1) is 20.1. The van der Waals surface area contributed by atoms with Gasteiger partial charge in [-0.15, -0.1) is 13.2 Å². The number of amides is 1. The molecule has 4 aromatic rings. The van der Waals surface area contributed by atoms with E-state index in [9.17, 15) is 27.6 Å². The van der Waals surface area contributed by atoms with E-state index in [1.807, 2.05) is 36.4 Å². The molecule has 1 unspecified atom stereocenters. The van der Waals surface area contributed by atoms with Crippen LogP contribution in [0.15, 0.2) is 103 Å². The Labute approximate surface area is 238 Å². The van der Waals surface area contributed by atoms with Crippen LogP contribution in [-0.2, 0) is 9.59 Å². The van der Waals surface area contributed by atoms with Crippen LogP contribution in [0.1, 0.15) is 28.4 Å². The first kappa shape index (κ1) is 29.7. The van der Waals surface area contributed by atoms with Crippen molar-refractivity contribution in [2.75, 3.05) is 11.9 Å². The summed E-state index contributed by atoms with van der Waals surface area (Å²) in [7, 11) is 0. The number of carbonyl (C=O) groups is 3. The van der Waals surface area contributed by atoms with Gasteiger partial charge in [-0.25, -0.2) is 4.79 Å². The summed E-state index contributed by atoms with van der Waals surface area (Å²) in [6.07, 6.45) is -5.21. The zero-order valence-electron chi connectivity index (χ0n) is 21.9. The van der Waals surface area contributed by atoms with E-state index >= 15 is 0 Å². The van der Waals surface area contributed by atoms with Gasteiger partial charge in [0, 0.05) is 17.8 Å². The van der Waals surface area contributed by atoms with Crippen LogP contribution in [0.2, 0.25) is 0 Å². The molecule has 0 aliphatic carbocycles. The molecule has 4 rings (SSSR count). The minimum absolute atomic E-state index is 0.0885. The maximum absolute atomic E-state index is 13.5. The van der Waals surface area contributed by atoms with Gasteiger partial charge < -0.3 is 25.2 Å². The van der Waals surface area contributed by atoms with Gasteiger partial charge in [0.05, 0.1) is 6.42 Å². The molecular formula is C31H25F3N2O6. The third kappa shape index (κ3) is 8.59. The molecule has 0 aromatic heterocycles. The quantitative estimate of drug-likeness (QED) is 0.143. The molecule has 1 atom stereocenters. The smallest absolute Gasteiger partial charge is 0.481 e. The van der Waals surface area contributed by atoms with Crippen LogP contribution in [-0.4, -0.2) is 35.9 Å². The van der Waals surface area contributed by atoms with Crippen LogP contribution in [0, 0.1) is 0 Å². The summed E-state index contributed by atoms with van der Waals surface area (Å²) in [6.45, 7) is -0.0885. The molecule has 0 aliphatic rings. The normalized spacial score (nSPS) is 11.7. The lowest BCUT2D eigenvalue weighted by Gasteiger charge is -2.20. The number of ether oxygens (including phenoxy) is 2. The molecule has 0 bridgehead atoms. The Kier molecular flexibility index (Phi) is 9.43. The van der Waals surface area contributed by atoms with E-state index in [4.69, 9.17) is 9.84 Å². The first-order valence-electron chi connectivity index (χ1n) is 12.7. The fourth-order valence-corrected chi connectivity index (χ4v) is 4.02. The average Bonchev–Trinajstić information content (AvgIpc) is 2.95. The summed E-state index contributed by atoms with van der Waals surface area (Å²) in [5, 5.41) is 14.2. The summed E-state index contributed by atoms with van der Waals surface area (Å²) in [5.41, 5.74) is 2.23. The molecule has 3 N–H and O–H groups in total. The number of carboxylic acids is 1. The summed E-state index contributed by atoms with van der Waals surface area (Å²) >= 11 is 0. The van der Waals surface area contributed by atoms with Crippen LogP contribution >= 0.6 is 0 Å². The van der Waals surface area contributed by atoms with E-state index in [0.29, 0.717) is 0 Å². The number of esters is 1. The van der Waals surface area contributed by atoms with Crippen LogP contribution in [0.25, 0.3) is 11.1 Å². The van der Waals surface area contributed by atoms with Crippen molar-refractivity contribution in [3.8, 4) is 22.6 Å². The highest BCUT2D eigenvalue weighted by atomic mass is 19.4. The number of aliphatic carboxylic acids is 1. The maximum Gasteiger partial charge on any atom is 0.573 e. The molecule has 0 fully saturated rings. The predicted molar refractivity (Wildman–Crippen MR) is 148 cm³/mol. The largest absolute Gasteiger partial charge is 0.573 e. The van der Waals surface area contributed by atoms with Crippen molar-refractivity contribution in [3.63, 3.8) is 0 Å². The highest BCUT2D eigenvalue weighted by Crippen LogP contribution is 2.30. The summed E-state index contributed by atoms with van der Waals surface area (Å²) in [4.78, 5) is 36.7. The Balaban J connectivity index is 1.61. The lowest BCUT2D eigenvalue weighted by Crippen LogP contribution is -2.27. The monoisotopic (exact) mass is 578 g/mol. The summed E-state index contributed by atoms with van der Waals surface area (Å²) in [5.74, 6) is -2.77. The van der Waals surface area contributed by atoms with Crippen molar-refractivity contribution in [2.45, 2.75) is 18.8 Å². The van der Waals surface area contributed by atoms with Gasteiger partial charge in [-0.2, -0.15) is 0 Å². The van der Waals surface area contributed by atoms with Crippen molar-refractivity contribution in [1.82, 2.24) is 5.32 Å². The fraction of sp³-hybridized carbons (Fsp3) is 0.129. The van der Waals surface area contributed by atoms with Crippen LogP contribution in [0.3, 0.4) is 0 Å². The van der Waals surface area contributed by atoms with Gasteiger partial charge in [0.25, 0.3) is 5.91 Å². The average molecular weight is 579 g/mol. The number of hydrogen-bond acceptors (Lipinski definition) is 6. The fourth-order valence-electron chi connectivity index (χ4n) is 4.02. The molecular weight excluding hydrogens is 553 g/mol. The number of carbonyl (C=O) groups excluding carboxylic acids is 2. The Morgan fingerprint density at radius 3 is 2.21 bits per heavy atom. The zero-order valence-corrected chi connectivity index (χ0v) is 21.9. The molecule has 42 heavy (non-hydrogen) atoms. The van der Waals surface area contributed by atoms with E-state index < -0.39 is 36.0 Å². The van der Waals surface area contributed by atoms with E-state index in [-0.39, 0.29) is 35.5 Å². The topological polar surface area (TPSA) is 114 Å². The van der Waals surface area contributed by atoms with Crippen molar-refractivity contribution in [1.29, 1.82) is 0 Å². The molecule has 4 aromatic carbocycles. The maximum atomic E-state index is 13.5. The number of nitrogens with one attached hydrogen (secondary N) is 2. The van der Waals surface area contributed by atoms with Crippen molar-refractivity contribution in [2.24, 2.45) is 0 Å². The third-order valence-electron chi connectivity index (χ3n) is 5.88. The number of rotatable bonds is 11. The van der Waals surface area contributed by atoms with E-state index in [0.717, 1.165) is 23.3 Å². The number of alkyl halides is 3. The van der Waals surface area contributed by atoms with Gasteiger partial charge in [0.1, 0.15) is 11.5 Å².